The lowest BCUT2D eigenvalue weighted by atomic mass is 9.52. The first-order chi connectivity index (χ1) is 17.3. The molecular formula is C29H36FN3O3. The molecule has 192 valence electrons. The highest BCUT2D eigenvalue weighted by atomic mass is 19.1. The van der Waals surface area contributed by atoms with E-state index in [-0.39, 0.29) is 18.0 Å². The van der Waals surface area contributed by atoms with Crippen molar-refractivity contribution in [2.75, 3.05) is 20.7 Å². The number of methoxy groups -OCH3 is 1. The van der Waals surface area contributed by atoms with Gasteiger partial charge >= 0.3 is 0 Å². The zero-order valence-electron chi connectivity index (χ0n) is 21.2. The number of rotatable bonds is 9. The van der Waals surface area contributed by atoms with Crippen molar-refractivity contribution in [1.82, 2.24) is 9.80 Å². The average molecular weight is 494 g/mol. The van der Waals surface area contributed by atoms with Crippen LogP contribution in [0.4, 0.5) is 4.39 Å². The summed E-state index contributed by atoms with van der Waals surface area (Å²) in [5.41, 5.74) is 7.05. The first-order valence-electron chi connectivity index (χ1n) is 12.9. The van der Waals surface area contributed by atoms with E-state index in [0.29, 0.717) is 29.9 Å². The summed E-state index contributed by atoms with van der Waals surface area (Å²) >= 11 is 0. The van der Waals surface area contributed by atoms with E-state index in [9.17, 15) is 14.0 Å². The highest BCUT2D eigenvalue weighted by Crippen LogP contribution is 2.58. The van der Waals surface area contributed by atoms with Gasteiger partial charge in [-0.25, -0.2) is 4.39 Å². The molecule has 0 aliphatic heterocycles. The number of hydrogen-bond acceptors (Lipinski definition) is 4. The van der Waals surface area contributed by atoms with Crippen molar-refractivity contribution in [3.63, 3.8) is 0 Å². The van der Waals surface area contributed by atoms with Crippen LogP contribution in [0.1, 0.15) is 55.7 Å². The maximum Gasteiger partial charge on any atom is 0.239 e. The number of benzene rings is 2. The minimum atomic E-state index is -0.889. The molecule has 4 bridgehead atoms. The SMILES string of the molecule is COc1cccc(CN(C(=O)CN(C)C(C(N)=O)c2cccc(F)c2)C23CC4CC(CC(C4)C2)C3)c1. The second-order valence-corrected chi connectivity index (χ2v) is 11.2. The molecule has 0 aromatic heterocycles. The number of likely N-dealkylation sites (N-methyl/N-ethyl adjacent to an activating group) is 1. The lowest BCUT2D eigenvalue weighted by molar-refractivity contribution is -0.154. The number of ether oxygens (including phenoxy) is 1. The molecule has 6 nitrogen and oxygen atoms in total. The van der Waals surface area contributed by atoms with Crippen LogP contribution in [-0.4, -0.2) is 47.9 Å². The Bertz CT molecular complexity index is 1100. The number of nitrogens with two attached hydrogens (primary N) is 1. The van der Waals surface area contributed by atoms with Crippen LogP contribution in [0.3, 0.4) is 0 Å². The number of hydrogen-bond donors (Lipinski definition) is 1. The zero-order valence-corrected chi connectivity index (χ0v) is 21.2. The van der Waals surface area contributed by atoms with E-state index in [4.69, 9.17) is 10.5 Å². The van der Waals surface area contributed by atoms with Crippen molar-refractivity contribution in [1.29, 1.82) is 0 Å². The molecule has 4 aliphatic rings. The van der Waals surface area contributed by atoms with Crippen LogP contribution in [-0.2, 0) is 16.1 Å². The molecule has 2 aromatic rings. The van der Waals surface area contributed by atoms with Gasteiger partial charge in [0.2, 0.25) is 11.8 Å². The number of carbonyl (C=O) groups excluding carboxylic acids is 2. The van der Waals surface area contributed by atoms with Gasteiger partial charge in [0.05, 0.1) is 13.7 Å². The lowest BCUT2D eigenvalue weighted by Crippen LogP contribution is -2.62. The maximum atomic E-state index is 14.1. The fourth-order valence-electron chi connectivity index (χ4n) is 7.57. The van der Waals surface area contributed by atoms with E-state index in [0.717, 1.165) is 30.6 Å². The van der Waals surface area contributed by atoms with Gasteiger partial charge in [-0.15, -0.1) is 0 Å². The molecule has 7 heteroatoms. The summed E-state index contributed by atoms with van der Waals surface area (Å²) in [6.45, 7) is 0.521. The van der Waals surface area contributed by atoms with Crippen LogP contribution in [0.25, 0.3) is 0 Å². The number of amides is 2. The summed E-state index contributed by atoms with van der Waals surface area (Å²) < 4.78 is 19.3. The smallest absolute Gasteiger partial charge is 0.239 e. The van der Waals surface area contributed by atoms with Crippen molar-refractivity contribution < 1.29 is 18.7 Å². The Morgan fingerprint density at radius 2 is 1.69 bits per heavy atom. The summed E-state index contributed by atoms with van der Waals surface area (Å²) in [5, 5.41) is 0. The molecule has 2 N–H and O–H groups in total. The van der Waals surface area contributed by atoms with Gasteiger partial charge in [0.1, 0.15) is 17.6 Å². The minimum absolute atomic E-state index is 0.0232. The molecule has 2 amide bonds. The van der Waals surface area contributed by atoms with Gasteiger partial charge < -0.3 is 15.4 Å². The van der Waals surface area contributed by atoms with E-state index >= 15 is 0 Å². The summed E-state index contributed by atoms with van der Waals surface area (Å²) in [4.78, 5) is 30.2. The normalized spacial score (nSPS) is 27.2. The molecule has 36 heavy (non-hydrogen) atoms. The van der Waals surface area contributed by atoms with Gasteiger partial charge in [0.25, 0.3) is 0 Å². The Labute approximate surface area is 212 Å². The minimum Gasteiger partial charge on any atom is -0.497 e. The molecular weight excluding hydrogens is 457 g/mol. The summed E-state index contributed by atoms with van der Waals surface area (Å²) in [6, 6.07) is 12.9. The third-order valence-corrected chi connectivity index (χ3v) is 8.61. The van der Waals surface area contributed by atoms with Crippen molar-refractivity contribution in [2.24, 2.45) is 23.5 Å². The number of primary amides is 1. The van der Waals surface area contributed by atoms with Crippen LogP contribution >= 0.6 is 0 Å². The molecule has 2 aromatic carbocycles. The van der Waals surface area contributed by atoms with Crippen LogP contribution in [0, 0.1) is 23.6 Å². The van der Waals surface area contributed by atoms with Crippen LogP contribution in [0.15, 0.2) is 48.5 Å². The molecule has 6 rings (SSSR count). The van der Waals surface area contributed by atoms with Crippen LogP contribution in [0.5, 0.6) is 5.75 Å². The van der Waals surface area contributed by atoms with E-state index < -0.39 is 17.8 Å². The van der Waals surface area contributed by atoms with Crippen molar-refractivity contribution in [3.8, 4) is 5.75 Å². The Balaban J connectivity index is 1.43. The first-order valence-corrected chi connectivity index (χ1v) is 12.9. The molecule has 0 radical (unpaired) electrons. The largest absolute Gasteiger partial charge is 0.497 e. The van der Waals surface area contributed by atoms with Crippen molar-refractivity contribution in [3.05, 3.63) is 65.5 Å². The molecule has 1 atom stereocenters. The molecule has 0 spiro atoms. The monoisotopic (exact) mass is 493 g/mol. The second kappa shape index (κ2) is 9.85. The quantitative estimate of drug-likeness (QED) is 0.566. The molecule has 4 aliphatic carbocycles. The Hall–Kier alpha value is -2.93. The molecule has 4 fully saturated rings. The lowest BCUT2D eigenvalue weighted by Gasteiger charge is -2.60. The highest BCUT2D eigenvalue weighted by Gasteiger charge is 2.54. The van der Waals surface area contributed by atoms with Crippen LogP contribution < -0.4 is 10.5 Å². The second-order valence-electron chi connectivity index (χ2n) is 11.2. The van der Waals surface area contributed by atoms with Crippen LogP contribution in [0.2, 0.25) is 0 Å². The van der Waals surface area contributed by atoms with E-state index in [1.54, 1.807) is 31.2 Å². The maximum absolute atomic E-state index is 14.1. The Morgan fingerprint density at radius 3 is 2.28 bits per heavy atom. The summed E-state index contributed by atoms with van der Waals surface area (Å²) in [5.74, 6) is 1.74. The van der Waals surface area contributed by atoms with Gasteiger partial charge in [-0.05, 0) is 98.7 Å². The first kappa shape index (κ1) is 24.8. The van der Waals surface area contributed by atoms with Gasteiger partial charge in [-0.3, -0.25) is 14.5 Å². The van der Waals surface area contributed by atoms with E-state index in [2.05, 4.69) is 4.90 Å². The molecule has 0 saturated heterocycles. The third-order valence-electron chi connectivity index (χ3n) is 8.61. The van der Waals surface area contributed by atoms with Gasteiger partial charge in [0.15, 0.2) is 0 Å². The van der Waals surface area contributed by atoms with E-state index in [1.165, 1.54) is 31.4 Å². The predicted molar refractivity (Wildman–Crippen MR) is 135 cm³/mol. The van der Waals surface area contributed by atoms with Gasteiger partial charge in [-0.2, -0.15) is 0 Å². The van der Waals surface area contributed by atoms with Gasteiger partial charge in [0, 0.05) is 12.1 Å². The standard InChI is InChI=1S/C29H36FN3O3/c1-32(27(28(31)35)23-6-4-7-24(30)13-23)18-26(34)33(17-19-5-3-8-25(12-19)36-2)29-14-20-9-21(15-29)11-22(10-20)16-29/h3-8,12-13,20-22,27H,9-11,14-18H2,1-2H3,(H2,31,35). The zero-order chi connectivity index (χ0) is 25.4. The molecule has 1 unspecified atom stereocenters. The number of halogens is 1. The number of nitrogens with zero attached hydrogens (tertiary/aromatic N) is 2. The van der Waals surface area contributed by atoms with Gasteiger partial charge in [-0.1, -0.05) is 24.3 Å². The average Bonchev–Trinajstić information content (AvgIpc) is 2.81. The van der Waals surface area contributed by atoms with Crippen molar-refractivity contribution in [2.45, 2.75) is 56.7 Å². The topological polar surface area (TPSA) is 75.9 Å². The Kier molecular flexibility index (Phi) is 6.77. The molecule has 4 saturated carbocycles. The number of carbonyl (C=O) groups is 2. The van der Waals surface area contributed by atoms with Crippen molar-refractivity contribution >= 4 is 11.8 Å². The summed E-state index contributed by atoms with van der Waals surface area (Å²) in [7, 11) is 3.36. The Morgan fingerprint density at radius 1 is 1.06 bits per heavy atom. The fourth-order valence-corrected chi connectivity index (χ4v) is 7.57. The predicted octanol–water partition coefficient (Wildman–Crippen LogP) is 4.29. The summed E-state index contributed by atoms with van der Waals surface area (Å²) in [6.07, 6.45) is 6.97. The fraction of sp³-hybridized carbons (Fsp3) is 0.517. The van der Waals surface area contributed by atoms with E-state index in [1.807, 2.05) is 24.3 Å². The third kappa shape index (κ3) is 4.85. The molecule has 0 heterocycles. The highest BCUT2D eigenvalue weighted by molar-refractivity contribution is 5.84.